The molecule has 2 aromatic rings. The van der Waals surface area contributed by atoms with Gasteiger partial charge in [0.05, 0.1) is 20.6 Å². The van der Waals surface area contributed by atoms with Crippen LogP contribution in [0.5, 0.6) is 5.75 Å². The molecule has 0 radical (unpaired) electrons. The van der Waals surface area contributed by atoms with Crippen molar-refractivity contribution in [3.05, 3.63) is 52.0 Å². The Morgan fingerprint density at radius 1 is 1.10 bits per heavy atom. The third kappa shape index (κ3) is 3.90. The Balaban J connectivity index is 2.47. The highest BCUT2D eigenvalue weighted by Gasteiger charge is 2.10. The molecule has 5 heteroatoms. The summed E-state index contributed by atoms with van der Waals surface area (Å²) in [6.07, 6.45) is 0.173. The maximum atomic E-state index is 11.4. The summed E-state index contributed by atoms with van der Waals surface area (Å²) < 4.78 is 9.96. The maximum Gasteiger partial charge on any atom is 0.309 e. The summed E-state index contributed by atoms with van der Waals surface area (Å²) in [6, 6.07) is 10.8. The second-order valence-electron chi connectivity index (χ2n) is 4.45. The van der Waals surface area contributed by atoms with Gasteiger partial charge in [-0.15, -0.1) is 0 Å². The van der Waals surface area contributed by atoms with Crippen molar-refractivity contribution in [1.82, 2.24) is 0 Å². The van der Waals surface area contributed by atoms with Crippen LogP contribution >= 0.6 is 23.2 Å². The third-order valence-corrected chi connectivity index (χ3v) is 3.57. The topological polar surface area (TPSA) is 35.5 Å². The van der Waals surface area contributed by atoms with Gasteiger partial charge in [0.1, 0.15) is 5.75 Å². The number of ether oxygens (including phenoxy) is 2. The fourth-order valence-corrected chi connectivity index (χ4v) is 2.52. The van der Waals surface area contributed by atoms with Gasteiger partial charge in [-0.1, -0.05) is 35.3 Å². The fraction of sp³-hybridized carbons (Fsp3) is 0.188. The van der Waals surface area contributed by atoms with Crippen LogP contribution in [-0.2, 0) is 16.0 Å². The predicted octanol–water partition coefficient (Wildman–Crippen LogP) is 4.38. The number of esters is 1. The molecule has 0 heterocycles. The number of carbonyl (C=O) groups is 1. The molecular weight excluding hydrogens is 311 g/mol. The predicted molar refractivity (Wildman–Crippen MR) is 84.2 cm³/mol. The van der Waals surface area contributed by atoms with Gasteiger partial charge in [-0.25, -0.2) is 0 Å². The molecular formula is C16H14Cl2O3. The largest absolute Gasteiger partial charge is 0.497 e. The van der Waals surface area contributed by atoms with E-state index in [9.17, 15) is 4.79 Å². The van der Waals surface area contributed by atoms with E-state index in [0.29, 0.717) is 15.8 Å². The summed E-state index contributed by atoms with van der Waals surface area (Å²) in [5.74, 6) is 0.342. The lowest BCUT2D eigenvalue weighted by molar-refractivity contribution is -0.139. The number of hydrogen-bond donors (Lipinski definition) is 0. The molecule has 0 atom stereocenters. The van der Waals surface area contributed by atoms with Crippen LogP contribution in [-0.4, -0.2) is 20.2 Å². The summed E-state index contributed by atoms with van der Waals surface area (Å²) in [7, 11) is 2.93. The van der Waals surface area contributed by atoms with Crippen LogP contribution < -0.4 is 4.74 Å². The summed E-state index contributed by atoms with van der Waals surface area (Å²) in [5, 5.41) is 1.11. The molecule has 3 nitrogen and oxygen atoms in total. The molecule has 110 valence electrons. The SMILES string of the molecule is COC(=O)Cc1cc(OC)cc(-c2ccc(Cl)cc2Cl)c1. The molecule has 0 bridgehead atoms. The molecule has 0 aliphatic rings. The Labute approximate surface area is 133 Å². The first-order chi connectivity index (χ1) is 10.0. The highest BCUT2D eigenvalue weighted by molar-refractivity contribution is 6.36. The highest BCUT2D eigenvalue weighted by Crippen LogP contribution is 2.33. The zero-order valence-corrected chi connectivity index (χ0v) is 13.2. The van der Waals surface area contributed by atoms with Crippen molar-refractivity contribution in [1.29, 1.82) is 0 Å². The van der Waals surface area contributed by atoms with E-state index in [1.54, 1.807) is 25.3 Å². The number of methoxy groups -OCH3 is 2. The number of hydrogen-bond acceptors (Lipinski definition) is 3. The average Bonchev–Trinajstić information content (AvgIpc) is 2.46. The lowest BCUT2D eigenvalue weighted by Crippen LogP contribution is -2.04. The van der Waals surface area contributed by atoms with E-state index in [1.165, 1.54) is 7.11 Å². The smallest absolute Gasteiger partial charge is 0.309 e. The minimum absolute atomic E-state index is 0.173. The normalized spacial score (nSPS) is 10.3. The minimum Gasteiger partial charge on any atom is -0.497 e. The number of halogens is 2. The second-order valence-corrected chi connectivity index (χ2v) is 5.29. The molecule has 2 aromatic carbocycles. The molecule has 2 rings (SSSR count). The van der Waals surface area contributed by atoms with Gasteiger partial charge >= 0.3 is 5.97 Å². The standard InChI is InChI=1S/C16H14Cl2O3/c1-20-13-6-10(7-16(19)21-2)5-11(8-13)14-4-3-12(17)9-15(14)18/h3-6,8-9H,7H2,1-2H3. The van der Waals surface area contributed by atoms with Crippen molar-refractivity contribution >= 4 is 29.2 Å². The van der Waals surface area contributed by atoms with Crippen molar-refractivity contribution < 1.29 is 14.3 Å². The lowest BCUT2D eigenvalue weighted by atomic mass is 10.0. The van der Waals surface area contributed by atoms with Crippen LogP contribution in [0.25, 0.3) is 11.1 Å². The first-order valence-corrected chi connectivity index (χ1v) is 6.99. The number of benzene rings is 2. The molecule has 0 aliphatic heterocycles. The van der Waals surface area contributed by atoms with E-state index >= 15 is 0 Å². The van der Waals surface area contributed by atoms with Crippen molar-refractivity contribution in [3.63, 3.8) is 0 Å². The molecule has 0 amide bonds. The van der Waals surface area contributed by atoms with E-state index in [-0.39, 0.29) is 12.4 Å². The van der Waals surface area contributed by atoms with Gasteiger partial charge in [0, 0.05) is 15.6 Å². The lowest BCUT2D eigenvalue weighted by Gasteiger charge is -2.10. The molecule has 0 unspecified atom stereocenters. The van der Waals surface area contributed by atoms with Gasteiger partial charge < -0.3 is 9.47 Å². The van der Waals surface area contributed by atoms with Crippen molar-refractivity contribution in [2.45, 2.75) is 6.42 Å². The summed E-state index contributed by atoms with van der Waals surface area (Å²) in [5.41, 5.74) is 2.48. The average molecular weight is 325 g/mol. The monoisotopic (exact) mass is 324 g/mol. The summed E-state index contributed by atoms with van der Waals surface area (Å²) in [4.78, 5) is 11.4. The van der Waals surface area contributed by atoms with Gasteiger partial charge in [0.25, 0.3) is 0 Å². The highest BCUT2D eigenvalue weighted by atomic mass is 35.5. The van der Waals surface area contributed by atoms with Gasteiger partial charge in [0.2, 0.25) is 0 Å². The van der Waals surface area contributed by atoms with Crippen LogP contribution in [0.3, 0.4) is 0 Å². The van der Waals surface area contributed by atoms with E-state index in [4.69, 9.17) is 27.9 Å². The van der Waals surface area contributed by atoms with E-state index in [2.05, 4.69) is 4.74 Å². The van der Waals surface area contributed by atoms with E-state index in [1.807, 2.05) is 18.2 Å². The summed E-state index contributed by atoms with van der Waals surface area (Å²) in [6.45, 7) is 0. The molecule has 0 fully saturated rings. The van der Waals surface area contributed by atoms with Crippen LogP contribution in [0.2, 0.25) is 10.0 Å². The third-order valence-electron chi connectivity index (χ3n) is 3.02. The first-order valence-electron chi connectivity index (χ1n) is 6.23. The fourth-order valence-electron chi connectivity index (χ4n) is 2.00. The van der Waals surface area contributed by atoms with Crippen molar-refractivity contribution in [2.24, 2.45) is 0 Å². The maximum absolute atomic E-state index is 11.4. The van der Waals surface area contributed by atoms with Gasteiger partial charge in [-0.3, -0.25) is 4.79 Å². The van der Waals surface area contributed by atoms with Crippen molar-refractivity contribution in [2.75, 3.05) is 14.2 Å². The Morgan fingerprint density at radius 2 is 1.86 bits per heavy atom. The Hall–Kier alpha value is -1.71. The molecule has 0 saturated heterocycles. The molecule has 0 N–H and O–H groups in total. The van der Waals surface area contributed by atoms with Crippen LogP contribution in [0.4, 0.5) is 0 Å². The molecule has 0 aromatic heterocycles. The Kier molecular flexibility index (Phi) is 5.10. The van der Waals surface area contributed by atoms with Gasteiger partial charge in [-0.2, -0.15) is 0 Å². The van der Waals surface area contributed by atoms with E-state index in [0.717, 1.165) is 16.7 Å². The molecule has 0 spiro atoms. The molecule has 0 saturated carbocycles. The van der Waals surface area contributed by atoms with Gasteiger partial charge in [-0.05, 0) is 35.4 Å². The zero-order chi connectivity index (χ0) is 15.4. The van der Waals surface area contributed by atoms with Crippen LogP contribution in [0.15, 0.2) is 36.4 Å². The quantitative estimate of drug-likeness (QED) is 0.783. The van der Waals surface area contributed by atoms with Gasteiger partial charge in [0.15, 0.2) is 0 Å². The van der Waals surface area contributed by atoms with E-state index < -0.39 is 0 Å². The first kappa shape index (κ1) is 15.7. The Bertz CT molecular complexity index is 669. The molecule has 0 aliphatic carbocycles. The second kappa shape index (κ2) is 6.83. The van der Waals surface area contributed by atoms with Crippen molar-refractivity contribution in [3.8, 4) is 16.9 Å². The molecule has 21 heavy (non-hydrogen) atoms. The van der Waals surface area contributed by atoms with Crippen LogP contribution in [0.1, 0.15) is 5.56 Å². The minimum atomic E-state index is -0.309. The number of carbonyl (C=O) groups excluding carboxylic acids is 1. The summed E-state index contributed by atoms with van der Waals surface area (Å²) >= 11 is 12.1. The van der Waals surface area contributed by atoms with Crippen LogP contribution in [0, 0.1) is 0 Å². The Morgan fingerprint density at radius 3 is 2.48 bits per heavy atom. The zero-order valence-electron chi connectivity index (χ0n) is 11.7. The number of rotatable bonds is 4.